The molecule has 4 aliphatic carbocycles. The van der Waals surface area contributed by atoms with Gasteiger partial charge in [0.1, 0.15) is 5.52 Å². The van der Waals surface area contributed by atoms with Crippen molar-refractivity contribution in [1.82, 2.24) is 19.7 Å². The zero-order chi connectivity index (χ0) is 23.0. The van der Waals surface area contributed by atoms with E-state index in [4.69, 9.17) is 0 Å². The molecule has 0 amide bonds. The Morgan fingerprint density at radius 1 is 1.00 bits per heavy atom. The van der Waals surface area contributed by atoms with Crippen molar-refractivity contribution >= 4 is 16.9 Å². The lowest BCUT2D eigenvalue weighted by molar-refractivity contribution is -0.151. The van der Waals surface area contributed by atoms with Gasteiger partial charge in [-0.05, 0) is 99.2 Å². The third-order valence-corrected chi connectivity index (χ3v) is 10.9. The molecule has 2 aromatic heterocycles. The molecule has 0 spiro atoms. The van der Waals surface area contributed by atoms with Gasteiger partial charge in [-0.25, -0.2) is 9.97 Å². The van der Waals surface area contributed by atoms with Crippen molar-refractivity contribution in [3.63, 3.8) is 0 Å². The smallest absolute Gasteiger partial charge is 0.199 e. The number of aromatic nitrogens is 4. The average molecular weight is 451 g/mol. The molecular formula is C27H38N4O2. The summed E-state index contributed by atoms with van der Waals surface area (Å²) in [6, 6.07) is 0. The van der Waals surface area contributed by atoms with Gasteiger partial charge in [0.05, 0.1) is 18.3 Å². The van der Waals surface area contributed by atoms with Gasteiger partial charge in [0.2, 0.25) is 0 Å². The van der Waals surface area contributed by atoms with Crippen LogP contribution in [0.5, 0.6) is 0 Å². The van der Waals surface area contributed by atoms with E-state index in [2.05, 4.69) is 28.9 Å². The Morgan fingerprint density at radius 2 is 1.79 bits per heavy atom. The lowest BCUT2D eigenvalue weighted by atomic mass is 9.44. The molecule has 0 saturated heterocycles. The second-order valence-electron chi connectivity index (χ2n) is 12.6. The van der Waals surface area contributed by atoms with Gasteiger partial charge in [0.25, 0.3) is 0 Å². The molecule has 0 aromatic carbocycles. The van der Waals surface area contributed by atoms with Crippen molar-refractivity contribution in [2.75, 3.05) is 0 Å². The average Bonchev–Trinajstić information content (AvgIpc) is 3.34. The maximum atomic E-state index is 13.5. The van der Waals surface area contributed by atoms with Crippen LogP contribution in [0.2, 0.25) is 0 Å². The summed E-state index contributed by atoms with van der Waals surface area (Å²) in [5.74, 6) is 3.28. The lowest BCUT2D eigenvalue weighted by Crippen LogP contribution is -2.55. The third kappa shape index (κ3) is 3.30. The first-order chi connectivity index (χ1) is 15.7. The molecule has 2 aromatic rings. The highest BCUT2D eigenvalue weighted by Crippen LogP contribution is 2.68. The fourth-order valence-electron chi connectivity index (χ4n) is 9.11. The molecule has 1 N–H and O–H groups in total. The number of fused-ring (bicyclic) bond motifs is 6. The molecule has 0 bridgehead atoms. The van der Waals surface area contributed by atoms with Gasteiger partial charge in [0.15, 0.2) is 11.4 Å². The van der Waals surface area contributed by atoms with E-state index in [-0.39, 0.29) is 11.3 Å². The third-order valence-electron chi connectivity index (χ3n) is 10.9. The van der Waals surface area contributed by atoms with Crippen LogP contribution in [0.4, 0.5) is 0 Å². The van der Waals surface area contributed by atoms with E-state index < -0.39 is 5.60 Å². The largest absolute Gasteiger partial charge is 0.390 e. The van der Waals surface area contributed by atoms with Crippen LogP contribution in [0.3, 0.4) is 0 Å². The normalized spacial score (nSPS) is 44.8. The summed E-state index contributed by atoms with van der Waals surface area (Å²) in [6.07, 6.45) is 15.4. The minimum atomic E-state index is -0.479. The summed E-state index contributed by atoms with van der Waals surface area (Å²) in [6.45, 7) is 7.33. The number of aliphatic hydroxyl groups is 1. The molecular weight excluding hydrogens is 412 g/mol. The van der Waals surface area contributed by atoms with E-state index >= 15 is 0 Å². The molecule has 0 aliphatic heterocycles. The van der Waals surface area contributed by atoms with Crippen LogP contribution in [0.15, 0.2) is 18.6 Å². The van der Waals surface area contributed by atoms with Crippen LogP contribution in [-0.2, 0) is 11.3 Å². The Hall–Kier alpha value is -1.82. The highest BCUT2D eigenvalue weighted by atomic mass is 16.3. The zero-order valence-electron chi connectivity index (χ0n) is 20.3. The quantitative estimate of drug-likeness (QED) is 0.726. The number of nitrogens with zero attached hydrogens (tertiary/aromatic N) is 4. The number of Topliss-reactive ketones (excluding diaryl/α,β-unsaturated/α-hetero) is 1. The molecule has 4 fully saturated rings. The predicted molar refractivity (Wildman–Crippen MR) is 126 cm³/mol. The summed E-state index contributed by atoms with van der Waals surface area (Å²) in [7, 11) is 0. The highest BCUT2D eigenvalue weighted by Gasteiger charge is 2.61. The molecule has 0 radical (unpaired) electrons. The molecule has 6 nitrogen and oxygen atoms in total. The highest BCUT2D eigenvalue weighted by molar-refractivity contribution is 5.82. The standard InChI is InChI=1S/C27H38N4O2/c1-25(33)10-11-26(2)17(14-25)4-5-18-19-6-7-21(27(19,3)9-8-20(18)26)23(32)16-31-15-22-24(30-31)29-13-12-28-22/h12-13,15,17-21,33H,4-11,14,16H2,1-3H3/t17-,18-,19-,20-,21+,25+,26-,27-/m0/s1. The van der Waals surface area contributed by atoms with Crippen LogP contribution < -0.4 is 0 Å². The zero-order valence-corrected chi connectivity index (χ0v) is 20.3. The van der Waals surface area contributed by atoms with Crippen LogP contribution in [-0.4, -0.2) is 36.2 Å². The Morgan fingerprint density at radius 3 is 2.61 bits per heavy atom. The van der Waals surface area contributed by atoms with E-state index in [0.717, 1.165) is 49.5 Å². The van der Waals surface area contributed by atoms with Gasteiger partial charge < -0.3 is 5.11 Å². The van der Waals surface area contributed by atoms with E-state index in [9.17, 15) is 9.90 Å². The van der Waals surface area contributed by atoms with E-state index in [0.29, 0.717) is 35.2 Å². The number of hydrogen-bond acceptors (Lipinski definition) is 5. The molecule has 6 heteroatoms. The first-order valence-electron chi connectivity index (χ1n) is 13.1. The fraction of sp³-hybridized carbons (Fsp3) is 0.778. The second-order valence-corrected chi connectivity index (χ2v) is 12.6. The van der Waals surface area contributed by atoms with E-state index in [1.807, 2.05) is 13.1 Å². The Balaban J connectivity index is 1.21. The number of carbonyl (C=O) groups is 1. The Bertz CT molecular complexity index is 1050. The first kappa shape index (κ1) is 21.7. The van der Waals surface area contributed by atoms with Gasteiger partial charge in [-0.3, -0.25) is 9.48 Å². The van der Waals surface area contributed by atoms with Crippen molar-refractivity contribution in [2.45, 2.75) is 90.7 Å². The van der Waals surface area contributed by atoms with Gasteiger partial charge in [-0.1, -0.05) is 13.8 Å². The number of carbonyl (C=O) groups excluding carboxylic acids is 1. The predicted octanol–water partition coefficient (Wildman–Crippen LogP) is 4.81. The molecule has 2 heterocycles. The molecule has 178 valence electrons. The van der Waals surface area contributed by atoms with Crippen molar-refractivity contribution in [3.8, 4) is 0 Å². The molecule has 4 aliphatic rings. The van der Waals surface area contributed by atoms with E-state index in [1.54, 1.807) is 17.1 Å². The van der Waals surface area contributed by atoms with E-state index in [1.165, 1.54) is 25.7 Å². The van der Waals surface area contributed by atoms with Crippen LogP contribution in [0.1, 0.15) is 78.6 Å². The van der Waals surface area contributed by atoms with Crippen molar-refractivity contribution in [2.24, 2.45) is 40.4 Å². The Labute approximate surface area is 196 Å². The monoisotopic (exact) mass is 450 g/mol. The van der Waals surface area contributed by atoms with Gasteiger partial charge in [-0.15, -0.1) is 0 Å². The maximum Gasteiger partial charge on any atom is 0.199 e. The molecule has 33 heavy (non-hydrogen) atoms. The summed E-state index contributed by atoms with van der Waals surface area (Å²) in [5, 5.41) is 15.2. The van der Waals surface area contributed by atoms with Gasteiger partial charge in [0, 0.05) is 18.3 Å². The number of ketones is 1. The molecule has 8 atom stereocenters. The van der Waals surface area contributed by atoms with Crippen molar-refractivity contribution in [3.05, 3.63) is 18.6 Å². The topological polar surface area (TPSA) is 80.9 Å². The van der Waals surface area contributed by atoms with Crippen molar-refractivity contribution < 1.29 is 9.90 Å². The molecule has 4 saturated carbocycles. The van der Waals surface area contributed by atoms with Crippen LogP contribution in [0.25, 0.3) is 11.2 Å². The van der Waals surface area contributed by atoms with Crippen molar-refractivity contribution in [1.29, 1.82) is 0 Å². The minimum absolute atomic E-state index is 0.116. The summed E-state index contributed by atoms with van der Waals surface area (Å²) >= 11 is 0. The molecule has 6 rings (SSSR count). The molecule has 0 unspecified atom stereocenters. The number of hydrogen-bond donors (Lipinski definition) is 1. The maximum absolute atomic E-state index is 13.5. The summed E-state index contributed by atoms with van der Waals surface area (Å²) < 4.78 is 1.75. The lowest BCUT2D eigenvalue weighted by Gasteiger charge is -2.61. The first-order valence-corrected chi connectivity index (χ1v) is 13.1. The van der Waals surface area contributed by atoms with Gasteiger partial charge >= 0.3 is 0 Å². The second kappa shape index (κ2) is 7.34. The fourth-order valence-corrected chi connectivity index (χ4v) is 9.11. The summed E-state index contributed by atoms with van der Waals surface area (Å²) in [4.78, 5) is 22.1. The number of rotatable bonds is 3. The SMILES string of the molecule is C[C@@]1(O)CC[C@@]2(C)[C@@H](CC[C@@H]3[C@@H]2CC[C@]2(C)[C@@H](C(=O)Cn4cc5nccnc5n4)CC[C@@H]32)C1. The Kier molecular flexibility index (Phi) is 4.82. The van der Waals surface area contributed by atoms with Gasteiger partial charge in [-0.2, -0.15) is 5.10 Å². The minimum Gasteiger partial charge on any atom is -0.390 e. The van der Waals surface area contributed by atoms with Crippen LogP contribution >= 0.6 is 0 Å². The van der Waals surface area contributed by atoms with Crippen LogP contribution in [0, 0.1) is 40.4 Å². The summed E-state index contributed by atoms with van der Waals surface area (Å²) in [5.41, 5.74) is 1.36.